The average Bonchev–Trinajstić information content (AvgIpc) is 2.81. The Morgan fingerprint density at radius 3 is 2.89 bits per heavy atom. The molecule has 0 aliphatic rings. The minimum absolute atomic E-state index is 0.264. The Labute approximate surface area is 114 Å². The van der Waals surface area contributed by atoms with Gasteiger partial charge >= 0.3 is 0 Å². The number of hydrogen-bond acceptors (Lipinski definition) is 3. The van der Waals surface area contributed by atoms with Crippen molar-refractivity contribution in [3.8, 4) is 11.4 Å². The Balaban J connectivity index is 2.34. The fourth-order valence-electron chi connectivity index (χ4n) is 1.62. The van der Waals surface area contributed by atoms with Gasteiger partial charge in [-0.3, -0.25) is 0 Å². The number of benzene rings is 1. The van der Waals surface area contributed by atoms with Crippen molar-refractivity contribution in [3.63, 3.8) is 0 Å². The van der Waals surface area contributed by atoms with E-state index >= 15 is 0 Å². The summed E-state index contributed by atoms with van der Waals surface area (Å²) >= 11 is 3.46. The standard InChI is InChI=1S/C13H15BrN2O2/c1-9-6-11(14)13(18-8-10(2)17)7-12(9)16-5-3-4-15-16/h3-7,10,17H,8H2,1-2H3. The molecule has 0 saturated heterocycles. The summed E-state index contributed by atoms with van der Waals surface area (Å²) in [6, 6.07) is 5.76. The Morgan fingerprint density at radius 1 is 1.50 bits per heavy atom. The molecule has 0 fully saturated rings. The maximum Gasteiger partial charge on any atom is 0.135 e. The fourth-order valence-corrected chi connectivity index (χ4v) is 2.19. The van der Waals surface area contributed by atoms with Gasteiger partial charge in [-0.25, -0.2) is 4.68 Å². The van der Waals surface area contributed by atoms with Crippen molar-refractivity contribution in [3.05, 3.63) is 40.6 Å². The number of aromatic nitrogens is 2. The van der Waals surface area contributed by atoms with Gasteiger partial charge in [0.05, 0.1) is 16.3 Å². The highest BCUT2D eigenvalue weighted by Crippen LogP contribution is 2.30. The third kappa shape index (κ3) is 2.91. The van der Waals surface area contributed by atoms with E-state index in [2.05, 4.69) is 21.0 Å². The van der Waals surface area contributed by atoms with E-state index in [4.69, 9.17) is 4.74 Å². The fraction of sp³-hybridized carbons (Fsp3) is 0.308. The van der Waals surface area contributed by atoms with Crippen LogP contribution in [0.15, 0.2) is 35.1 Å². The molecule has 4 nitrogen and oxygen atoms in total. The molecular weight excluding hydrogens is 296 g/mol. The van der Waals surface area contributed by atoms with Crippen molar-refractivity contribution in [1.29, 1.82) is 0 Å². The predicted molar refractivity (Wildman–Crippen MR) is 73.2 cm³/mol. The van der Waals surface area contributed by atoms with Crippen molar-refractivity contribution >= 4 is 15.9 Å². The second kappa shape index (κ2) is 5.54. The van der Waals surface area contributed by atoms with Gasteiger partial charge in [-0.2, -0.15) is 5.10 Å². The first-order chi connectivity index (χ1) is 8.58. The molecule has 1 aromatic carbocycles. The van der Waals surface area contributed by atoms with Gasteiger partial charge in [0.25, 0.3) is 0 Å². The Morgan fingerprint density at radius 2 is 2.28 bits per heavy atom. The zero-order valence-corrected chi connectivity index (χ0v) is 11.9. The second-order valence-electron chi connectivity index (χ2n) is 4.18. The number of hydrogen-bond donors (Lipinski definition) is 1. The van der Waals surface area contributed by atoms with Crippen molar-refractivity contribution in [2.75, 3.05) is 6.61 Å². The quantitative estimate of drug-likeness (QED) is 0.944. The normalized spacial score (nSPS) is 12.4. The molecule has 0 spiro atoms. The molecule has 1 unspecified atom stereocenters. The summed E-state index contributed by atoms with van der Waals surface area (Å²) in [5, 5.41) is 13.5. The van der Waals surface area contributed by atoms with E-state index in [1.165, 1.54) is 0 Å². The van der Waals surface area contributed by atoms with Gasteiger partial charge in [0.15, 0.2) is 0 Å². The molecule has 1 atom stereocenters. The molecule has 0 aliphatic carbocycles. The Kier molecular flexibility index (Phi) is 4.04. The molecule has 1 heterocycles. The number of aliphatic hydroxyl groups excluding tert-OH is 1. The van der Waals surface area contributed by atoms with Gasteiger partial charge in [0.1, 0.15) is 12.4 Å². The first kappa shape index (κ1) is 13.1. The smallest absolute Gasteiger partial charge is 0.135 e. The van der Waals surface area contributed by atoms with Crippen molar-refractivity contribution < 1.29 is 9.84 Å². The average molecular weight is 311 g/mol. The van der Waals surface area contributed by atoms with E-state index in [0.717, 1.165) is 15.7 Å². The molecule has 18 heavy (non-hydrogen) atoms. The summed E-state index contributed by atoms with van der Waals surface area (Å²) in [5.41, 5.74) is 2.05. The highest BCUT2D eigenvalue weighted by Gasteiger charge is 2.09. The van der Waals surface area contributed by atoms with Gasteiger partial charge in [-0.05, 0) is 47.5 Å². The molecule has 1 N–H and O–H groups in total. The van der Waals surface area contributed by atoms with E-state index in [1.54, 1.807) is 17.8 Å². The van der Waals surface area contributed by atoms with Crippen LogP contribution in [-0.4, -0.2) is 27.6 Å². The third-order valence-corrected chi connectivity index (χ3v) is 3.10. The molecular formula is C13H15BrN2O2. The van der Waals surface area contributed by atoms with Crippen LogP contribution in [0, 0.1) is 6.92 Å². The van der Waals surface area contributed by atoms with Crippen LogP contribution in [-0.2, 0) is 0 Å². The zero-order valence-electron chi connectivity index (χ0n) is 10.3. The molecule has 0 aliphatic heterocycles. The van der Waals surface area contributed by atoms with E-state index in [9.17, 15) is 5.11 Å². The van der Waals surface area contributed by atoms with Crippen LogP contribution < -0.4 is 4.74 Å². The number of aliphatic hydroxyl groups is 1. The molecule has 96 valence electrons. The number of aryl methyl sites for hydroxylation is 1. The lowest BCUT2D eigenvalue weighted by Crippen LogP contribution is -2.13. The summed E-state index contributed by atoms with van der Waals surface area (Å²) in [6.45, 7) is 3.97. The van der Waals surface area contributed by atoms with Gasteiger partial charge in [-0.15, -0.1) is 0 Å². The lowest BCUT2D eigenvalue weighted by Gasteiger charge is -2.13. The lowest BCUT2D eigenvalue weighted by atomic mass is 10.2. The molecule has 0 radical (unpaired) electrons. The summed E-state index contributed by atoms with van der Waals surface area (Å²) < 4.78 is 8.21. The molecule has 0 bridgehead atoms. The number of halogens is 1. The maximum atomic E-state index is 9.25. The number of ether oxygens (including phenoxy) is 1. The van der Waals surface area contributed by atoms with Crippen LogP contribution in [0.2, 0.25) is 0 Å². The first-order valence-corrected chi connectivity index (χ1v) is 6.48. The van der Waals surface area contributed by atoms with E-state index < -0.39 is 6.10 Å². The van der Waals surface area contributed by atoms with Crippen LogP contribution in [0.25, 0.3) is 5.69 Å². The van der Waals surface area contributed by atoms with Crippen LogP contribution in [0.3, 0.4) is 0 Å². The largest absolute Gasteiger partial charge is 0.490 e. The summed E-state index contributed by atoms with van der Waals surface area (Å²) in [5.74, 6) is 0.701. The minimum atomic E-state index is -0.494. The summed E-state index contributed by atoms with van der Waals surface area (Å²) in [4.78, 5) is 0. The first-order valence-electron chi connectivity index (χ1n) is 5.69. The van der Waals surface area contributed by atoms with Crippen molar-refractivity contribution in [2.45, 2.75) is 20.0 Å². The van der Waals surface area contributed by atoms with Crippen molar-refractivity contribution in [1.82, 2.24) is 9.78 Å². The van der Waals surface area contributed by atoms with Gasteiger partial charge in [0.2, 0.25) is 0 Å². The Hall–Kier alpha value is -1.33. The second-order valence-corrected chi connectivity index (χ2v) is 5.03. The highest BCUT2D eigenvalue weighted by atomic mass is 79.9. The van der Waals surface area contributed by atoms with Crippen LogP contribution in [0.5, 0.6) is 5.75 Å². The summed E-state index contributed by atoms with van der Waals surface area (Å²) in [7, 11) is 0. The van der Waals surface area contributed by atoms with E-state index in [0.29, 0.717) is 5.75 Å². The molecule has 0 amide bonds. The SMILES string of the molecule is Cc1cc(Br)c(OCC(C)O)cc1-n1cccn1. The lowest BCUT2D eigenvalue weighted by molar-refractivity contribution is 0.122. The topological polar surface area (TPSA) is 47.3 Å². The minimum Gasteiger partial charge on any atom is -0.490 e. The van der Waals surface area contributed by atoms with Crippen LogP contribution in [0.4, 0.5) is 0 Å². The van der Waals surface area contributed by atoms with Crippen LogP contribution in [0.1, 0.15) is 12.5 Å². The molecule has 0 saturated carbocycles. The highest BCUT2D eigenvalue weighted by molar-refractivity contribution is 9.10. The van der Waals surface area contributed by atoms with Gasteiger partial charge in [0, 0.05) is 18.5 Å². The third-order valence-electron chi connectivity index (χ3n) is 2.48. The van der Waals surface area contributed by atoms with Gasteiger partial charge in [-0.1, -0.05) is 0 Å². The van der Waals surface area contributed by atoms with Crippen molar-refractivity contribution in [2.24, 2.45) is 0 Å². The summed E-state index contributed by atoms with van der Waals surface area (Å²) in [6.07, 6.45) is 3.12. The number of rotatable bonds is 4. The maximum absolute atomic E-state index is 9.25. The van der Waals surface area contributed by atoms with Crippen LogP contribution >= 0.6 is 15.9 Å². The predicted octanol–water partition coefficient (Wildman–Crippen LogP) is 2.70. The van der Waals surface area contributed by atoms with E-state index in [1.807, 2.05) is 31.3 Å². The van der Waals surface area contributed by atoms with Gasteiger partial charge < -0.3 is 9.84 Å². The molecule has 5 heteroatoms. The molecule has 2 rings (SSSR count). The molecule has 2 aromatic rings. The Bertz CT molecular complexity index is 524. The number of nitrogens with zero attached hydrogens (tertiary/aromatic N) is 2. The monoisotopic (exact) mass is 310 g/mol. The van der Waals surface area contributed by atoms with E-state index in [-0.39, 0.29) is 6.61 Å². The zero-order chi connectivity index (χ0) is 13.1. The molecule has 1 aromatic heterocycles.